The second kappa shape index (κ2) is 3.59. The number of hydrogen-bond donors (Lipinski definition) is 1. The van der Waals surface area contributed by atoms with Crippen molar-refractivity contribution in [3.63, 3.8) is 0 Å². The first-order chi connectivity index (χ1) is 6.81. The topological polar surface area (TPSA) is 56.0 Å². The van der Waals surface area contributed by atoms with Crippen molar-refractivity contribution < 1.29 is 4.79 Å². The van der Waals surface area contributed by atoms with E-state index in [-0.39, 0.29) is 0 Å². The van der Waals surface area contributed by atoms with Gasteiger partial charge in [-0.15, -0.1) is 11.3 Å². The molecule has 0 amide bonds. The van der Waals surface area contributed by atoms with E-state index in [1.807, 2.05) is 5.38 Å². The van der Waals surface area contributed by atoms with E-state index in [0.717, 1.165) is 17.5 Å². The molecule has 70 valence electrons. The maximum Gasteiger partial charge on any atom is 0.160 e. The van der Waals surface area contributed by atoms with Crippen LogP contribution in [-0.2, 0) is 0 Å². The van der Waals surface area contributed by atoms with Crippen molar-refractivity contribution in [3.05, 3.63) is 34.7 Å². The Morgan fingerprint density at radius 2 is 2.36 bits per heavy atom. The predicted molar refractivity (Wildman–Crippen MR) is 57.3 cm³/mol. The van der Waals surface area contributed by atoms with Crippen molar-refractivity contribution in [3.8, 4) is 11.3 Å². The summed E-state index contributed by atoms with van der Waals surface area (Å²) in [6.45, 7) is 0. The lowest BCUT2D eigenvalue weighted by molar-refractivity contribution is 0.112. The highest BCUT2D eigenvalue weighted by Crippen LogP contribution is 2.26. The first-order valence-electron chi connectivity index (χ1n) is 4.06. The van der Waals surface area contributed by atoms with E-state index in [1.165, 1.54) is 11.3 Å². The standard InChI is InChI=1S/C10H8N2OS/c11-9-2-1-3-12-10(9)7-4-8(5-13)14-6-7/h1-6H,11H2. The van der Waals surface area contributed by atoms with Crippen LogP contribution in [0.5, 0.6) is 0 Å². The second-order valence-corrected chi connectivity index (χ2v) is 3.74. The van der Waals surface area contributed by atoms with Crippen LogP contribution in [0.2, 0.25) is 0 Å². The molecule has 0 atom stereocenters. The summed E-state index contributed by atoms with van der Waals surface area (Å²) in [5.41, 5.74) is 8.02. The van der Waals surface area contributed by atoms with Crippen LogP contribution < -0.4 is 5.73 Å². The summed E-state index contributed by atoms with van der Waals surface area (Å²) < 4.78 is 0. The Morgan fingerprint density at radius 1 is 1.50 bits per heavy atom. The molecule has 0 bridgehead atoms. The zero-order chi connectivity index (χ0) is 9.97. The number of hydrogen-bond acceptors (Lipinski definition) is 4. The molecular weight excluding hydrogens is 196 g/mol. The van der Waals surface area contributed by atoms with Crippen LogP contribution in [0.15, 0.2) is 29.8 Å². The van der Waals surface area contributed by atoms with Crippen LogP contribution in [0, 0.1) is 0 Å². The molecule has 4 heteroatoms. The number of nitrogen functional groups attached to an aromatic ring is 1. The average molecular weight is 204 g/mol. The summed E-state index contributed by atoms with van der Waals surface area (Å²) in [4.78, 5) is 15.3. The summed E-state index contributed by atoms with van der Waals surface area (Å²) in [7, 11) is 0. The van der Waals surface area contributed by atoms with Crippen molar-refractivity contribution in [2.45, 2.75) is 0 Å². The highest BCUT2D eigenvalue weighted by atomic mass is 32.1. The van der Waals surface area contributed by atoms with Gasteiger partial charge >= 0.3 is 0 Å². The zero-order valence-electron chi connectivity index (χ0n) is 7.31. The van der Waals surface area contributed by atoms with Crippen molar-refractivity contribution >= 4 is 23.3 Å². The maximum atomic E-state index is 10.5. The van der Waals surface area contributed by atoms with Gasteiger partial charge in [-0.1, -0.05) is 0 Å². The number of nitrogens with zero attached hydrogens (tertiary/aromatic N) is 1. The molecule has 2 heterocycles. The van der Waals surface area contributed by atoms with Crippen LogP contribution >= 0.6 is 11.3 Å². The summed E-state index contributed by atoms with van der Waals surface area (Å²) in [5, 5.41) is 1.88. The molecular formula is C10H8N2OS. The molecule has 0 saturated heterocycles. The van der Waals surface area contributed by atoms with E-state index in [9.17, 15) is 4.79 Å². The number of aromatic nitrogens is 1. The van der Waals surface area contributed by atoms with Crippen LogP contribution in [0.1, 0.15) is 9.67 Å². The molecule has 0 aliphatic carbocycles. The molecule has 2 rings (SSSR count). The number of carbonyl (C=O) groups excluding carboxylic acids is 1. The van der Waals surface area contributed by atoms with Crippen molar-refractivity contribution in [1.29, 1.82) is 0 Å². The lowest BCUT2D eigenvalue weighted by atomic mass is 10.2. The minimum absolute atomic E-state index is 0.628. The summed E-state index contributed by atoms with van der Waals surface area (Å²) in [6.07, 6.45) is 2.51. The Labute approximate surface area is 85.2 Å². The number of rotatable bonds is 2. The van der Waals surface area contributed by atoms with Gasteiger partial charge in [-0.25, -0.2) is 0 Å². The van der Waals surface area contributed by atoms with Crippen LogP contribution in [0.4, 0.5) is 5.69 Å². The molecule has 0 saturated carbocycles. The highest BCUT2D eigenvalue weighted by molar-refractivity contribution is 7.12. The van der Waals surface area contributed by atoms with E-state index in [2.05, 4.69) is 4.98 Å². The van der Waals surface area contributed by atoms with E-state index in [4.69, 9.17) is 5.73 Å². The van der Waals surface area contributed by atoms with Gasteiger partial charge < -0.3 is 5.73 Å². The fourth-order valence-corrected chi connectivity index (χ4v) is 1.89. The maximum absolute atomic E-state index is 10.5. The molecule has 0 spiro atoms. The number of pyridine rings is 1. The van der Waals surface area contributed by atoms with Gasteiger partial charge in [0.15, 0.2) is 6.29 Å². The normalized spacial score (nSPS) is 10.0. The molecule has 0 unspecified atom stereocenters. The molecule has 0 fully saturated rings. The molecule has 2 aromatic rings. The summed E-state index contributed by atoms with van der Waals surface area (Å²) in [6, 6.07) is 5.36. The van der Waals surface area contributed by atoms with Crippen LogP contribution in [0.3, 0.4) is 0 Å². The molecule has 0 aliphatic rings. The number of carbonyl (C=O) groups is 1. The third kappa shape index (κ3) is 1.52. The molecule has 0 aromatic carbocycles. The minimum Gasteiger partial charge on any atom is -0.397 e. The van der Waals surface area contributed by atoms with Gasteiger partial charge in [0.05, 0.1) is 16.3 Å². The zero-order valence-corrected chi connectivity index (χ0v) is 8.12. The first-order valence-corrected chi connectivity index (χ1v) is 4.94. The number of thiophene rings is 1. The Kier molecular flexibility index (Phi) is 2.28. The lowest BCUT2D eigenvalue weighted by Gasteiger charge is -1.99. The van der Waals surface area contributed by atoms with Crippen molar-refractivity contribution in [2.75, 3.05) is 5.73 Å². The summed E-state index contributed by atoms with van der Waals surface area (Å²) in [5.74, 6) is 0. The third-order valence-corrected chi connectivity index (χ3v) is 2.71. The molecule has 0 aliphatic heterocycles. The van der Waals surface area contributed by atoms with E-state index in [1.54, 1.807) is 24.4 Å². The van der Waals surface area contributed by atoms with Gasteiger partial charge in [0.1, 0.15) is 0 Å². The molecule has 2 aromatic heterocycles. The van der Waals surface area contributed by atoms with E-state index < -0.39 is 0 Å². The van der Waals surface area contributed by atoms with Gasteiger partial charge in [-0.05, 0) is 18.2 Å². The molecule has 2 N–H and O–H groups in total. The van der Waals surface area contributed by atoms with E-state index in [0.29, 0.717) is 10.6 Å². The largest absolute Gasteiger partial charge is 0.397 e. The monoisotopic (exact) mass is 204 g/mol. The smallest absolute Gasteiger partial charge is 0.160 e. The molecule has 3 nitrogen and oxygen atoms in total. The lowest BCUT2D eigenvalue weighted by Crippen LogP contribution is -1.90. The second-order valence-electron chi connectivity index (χ2n) is 2.80. The quantitative estimate of drug-likeness (QED) is 0.763. The van der Waals surface area contributed by atoms with E-state index >= 15 is 0 Å². The van der Waals surface area contributed by atoms with Gasteiger partial charge in [-0.2, -0.15) is 0 Å². The highest BCUT2D eigenvalue weighted by Gasteiger charge is 2.05. The van der Waals surface area contributed by atoms with Gasteiger partial charge in [0.25, 0.3) is 0 Å². The third-order valence-electron chi connectivity index (χ3n) is 1.85. The predicted octanol–water partition coefficient (Wildman–Crippen LogP) is 2.20. The fraction of sp³-hybridized carbons (Fsp3) is 0. The number of nitrogens with two attached hydrogens (primary N) is 1. The Balaban J connectivity index is 2.49. The Hall–Kier alpha value is -1.68. The molecule has 14 heavy (non-hydrogen) atoms. The Bertz CT molecular complexity index is 465. The SMILES string of the molecule is Nc1cccnc1-c1csc(C=O)c1. The van der Waals surface area contributed by atoms with Crippen molar-refractivity contribution in [2.24, 2.45) is 0 Å². The number of aldehydes is 1. The number of anilines is 1. The van der Waals surface area contributed by atoms with Gasteiger partial charge in [0.2, 0.25) is 0 Å². The molecule has 0 radical (unpaired) electrons. The first kappa shape index (κ1) is 8.90. The van der Waals surface area contributed by atoms with Gasteiger partial charge in [0, 0.05) is 17.1 Å². The summed E-state index contributed by atoms with van der Waals surface area (Å²) >= 11 is 1.39. The average Bonchev–Trinajstić information content (AvgIpc) is 2.67. The van der Waals surface area contributed by atoms with Gasteiger partial charge in [-0.3, -0.25) is 9.78 Å². The minimum atomic E-state index is 0.628. The Morgan fingerprint density at radius 3 is 3.00 bits per heavy atom. The fourth-order valence-electron chi connectivity index (χ4n) is 1.20. The van der Waals surface area contributed by atoms with Crippen LogP contribution in [0.25, 0.3) is 11.3 Å². The van der Waals surface area contributed by atoms with Crippen molar-refractivity contribution in [1.82, 2.24) is 4.98 Å². The van der Waals surface area contributed by atoms with Crippen LogP contribution in [-0.4, -0.2) is 11.3 Å².